The molecular formula is C11H10INO. The average molecular weight is 299 g/mol. The molecule has 0 amide bonds. The lowest BCUT2D eigenvalue weighted by Crippen LogP contribution is -2.20. The Morgan fingerprint density at radius 1 is 1.29 bits per heavy atom. The summed E-state index contributed by atoms with van der Waals surface area (Å²) >= 11 is 2.38. The zero-order chi connectivity index (χ0) is 9.54. The van der Waals surface area contributed by atoms with Gasteiger partial charge in [-0.25, -0.2) is 3.11 Å². The lowest BCUT2D eigenvalue weighted by molar-refractivity contribution is 0.427. The van der Waals surface area contributed by atoms with Crippen molar-refractivity contribution in [2.45, 2.75) is 13.0 Å². The maximum Gasteiger partial charge on any atom is 0.134 e. The van der Waals surface area contributed by atoms with Gasteiger partial charge < -0.3 is 4.42 Å². The smallest absolute Gasteiger partial charge is 0.134 e. The van der Waals surface area contributed by atoms with Crippen molar-refractivity contribution in [3.05, 3.63) is 35.6 Å². The third-order valence-electron chi connectivity index (χ3n) is 2.69. The standard InChI is InChI=1S/C11H10INO/c12-13-6-5-11-9(7-13)8-3-1-2-4-10(8)14-11/h1-4H,5-7H2. The van der Waals surface area contributed by atoms with Crippen LogP contribution in [0.1, 0.15) is 11.3 Å². The van der Waals surface area contributed by atoms with Crippen molar-refractivity contribution >= 4 is 33.8 Å². The highest BCUT2D eigenvalue weighted by molar-refractivity contribution is 14.1. The first-order valence-corrected chi connectivity index (χ1v) is 5.71. The van der Waals surface area contributed by atoms with Crippen molar-refractivity contribution in [2.75, 3.05) is 6.54 Å². The van der Waals surface area contributed by atoms with Crippen molar-refractivity contribution in [3.8, 4) is 0 Å². The molecule has 0 saturated heterocycles. The van der Waals surface area contributed by atoms with Crippen molar-refractivity contribution in [2.24, 2.45) is 0 Å². The van der Waals surface area contributed by atoms with Gasteiger partial charge in [0, 0.05) is 53.3 Å². The van der Waals surface area contributed by atoms with Gasteiger partial charge in [0.05, 0.1) is 0 Å². The van der Waals surface area contributed by atoms with E-state index in [-0.39, 0.29) is 0 Å². The minimum absolute atomic E-state index is 1.01. The third-order valence-corrected chi connectivity index (χ3v) is 3.52. The maximum atomic E-state index is 5.81. The van der Waals surface area contributed by atoms with Crippen molar-refractivity contribution < 1.29 is 4.42 Å². The molecule has 3 heteroatoms. The second-order valence-electron chi connectivity index (χ2n) is 3.59. The Balaban J connectivity index is 2.25. The van der Waals surface area contributed by atoms with Gasteiger partial charge >= 0.3 is 0 Å². The zero-order valence-electron chi connectivity index (χ0n) is 7.66. The fourth-order valence-corrected chi connectivity index (χ4v) is 2.58. The van der Waals surface area contributed by atoms with Gasteiger partial charge in [0.1, 0.15) is 11.3 Å². The Morgan fingerprint density at radius 3 is 3.07 bits per heavy atom. The summed E-state index contributed by atoms with van der Waals surface area (Å²) in [5.41, 5.74) is 2.41. The summed E-state index contributed by atoms with van der Waals surface area (Å²) < 4.78 is 8.12. The molecule has 0 spiro atoms. The highest BCUT2D eigenvalue weighted by atomic mass is 127. The lowest BCUT2D eigenvalue weighted by Gasteiger charge is -2.18. The average Bonchev–Trinajstić information content (AvgIpc) is 2.56. The monoisotopic (exact) mass is 299 g/mol. The minimum atomic E-state index is 1.01. The van der Waals surface area contributed by atoms with Gasteiger partial charge in [0.15, 0.2) is 0 Å². The van der Waals surface area contributed by atoms with E-state index in [0.29, 0.717) is 0 Å². The van der Waals surface area contributed by atoms with Crippen molar-refractivity contribution in [1.29, 1.82) is 0 Å². The quantitative estimate of drug-likeness (QED) is 0.549. The predicted octanol–water partition coefficient (Wildman–Crippen LogP) is 3.14. The molecule has 0 bridgehead atoms. The van der Waals surface area contributed by atoms with Crippen molar-refractivity contribution in [3.63, 3.8) is 0 Å². The number of para-hydroxylation sites is 1. The molecule has 0 fully saturated rings. The molecule has 14 heavy (non-hydrogen) atoms. The van der Waals surface area contributed by atoms with Gasteiger partial charge in [-0.1, -0.05) is 18.2 Å². The molecule has 2 aromatic rings. The lowest BCUT2D eigenvalue weighted by atomic mass is 10.1. The summed E-state index contributed by atoms with van der Waals surface area (Å²) in [6.07, 6.45) is 1.03. The number of rotatable bonds is 0. The van der Waals surface area contributed by atoms with Gasteiger partial charge in [-0.3, -0.25) is 0 Å². The molecule has 72 valence electrons. The second kappa shape index (κ2) is 3.24. The van der Waals surface area contributed by atoms with Gasteiger partial charge in [-0.05, 0) is 6.07 Å². The number of fused-ring (bicyclic) bond motifs is 3. The molecule has 0 atom stereocenters. The number of hydrogen-bond donors (Lipinski definition) is 0. The SMILES string of the molecule is IN1CCc2oc3ccccc3c2C1. The Kier molecular flexibility index (Phi) is 2.02. The first kappa shape index (κ1) is 8.73. The summed E-state index contributed by atoms with van der Waals surface area (Å²) in [5, 5.41) is 1.28. The number of hydrogen-bond acceptors (Lipinski definition) is 2. The van der Waals surface area contributed by atoms with Gasteiger partial charge in [0.2, 0.25) is 0 Å². The molecule has 1 aliphatic heterocycles. The van der Waals surface area contributed by atoms with Crippen LogP contribution in [-0.4, -0.2) is 9.66 Å². The molecule has 2 heterocycles. The summed E-state index contributed by atoms with van der Waals surface area (Å²) in [4.78, 5) is 0. The molecule has 1 aromatic carbocycles. The van der Waals surface area contributed by atoms with Crippen LogP contribution < -0.4 is 0 Å². The first-order valence-electron chi connectivity index (χ1n) is 4.74. The normalized spacial score (nSPS) is 17.2. The van der Waals surface area contributed by atoms with Crippen LogP contribution in [0.3, 0.4) is 0 Å². The molecule has 2 nitrogen and oxygen atoms in total. The van der Waals surface area contributed by atoms with Crippen LogP contribution in [0.2, 0.25) is 0 Å². The summed E-state index contributed by atoms with van der Waals surface area (Å²) in [7, 11) is 0. The molecule has 1 aliphatic rings. The van der Waals surface area contributed by atoms with Gasteiger partial charge in [0.25, 0.3) is 0 Å². The number of furan rings is 1. The van der Waals surface area contributed by atoms with E-state index in [2.05, 4.69) is 38.1 Å². The number of halogens is 1. The summed E-state index contributed by atoms with van der Waals surface area (Å²) in [6, 6.07) is 8.29. The van der Waals surface area contributed by atoms with E-state index >= 15 is 0 Å². The summed E-state index contributed by atoms with van der Waals surface area (Å²) in [6.45, 7) is 2.10. The molecule has 0 unspecified atom stereocenters. The molecule has 3 rings (SSSR count). The molecule has 0 aliphatic carbocycles. The molecular weight excluding hydrogens is 289 g/mol. The molecule has 0 N–H and O–H groups in total. The summed E-state index contributed by atoms with van der Waals surface area (Å²) in [5.74, 6) is 1.18. The first-order chi connectivity index (χ1) is 6.84. The highest BCUT2D eigenvalue weighted by Gasteiger charge is 2.20. The van der Waals surface area contributed by atoms with E-state index in [9.17, 15) is 0 Å². The second-order valence-corrected chi connectivity index (χ2v) is 4.96. The predicted molar refractivity (Wildman–Crippen MR) is 64.3 cm³/mol. The number of benzene rings is 1. The Labute approximate surface area is 96.4 Å². The third kappa shape index (κ3) is 1.26. The molecule has 0 radical (unpaired) electrons. The van der Waals surface area contributed by atoms with Crippen LogP contribution in [0.5, 0.6) is 0 Å². The largest absolute Gasteiger partial charge is 0.461 e. The van der Waals surface area contributed by atoms with Crippen LogP contribution >= 0.6 is 22.9 Å². The fourth-order valence-electron chi connectivity index (χ4n) is 2.00. The van der Waals surface area contributed by atoms with E-state index in [1.165, 1.54) is 16.7 Å². The Morgan fingerprint density at radius 2 is 2.14 bits per heavy atom. The zero-order valence-corrected chi connectivity index (χ0v) is 9.82. The van der Waals surface area contributed by atoms with Crippen LogP contribution in [0.15, 0.2) is 28.7 Å². The van der Waals surface area contributed by atoms with Gasteiger partial charge in [-0.15, -0.1) is 0 Å². The molecule has 0 saturated carbocycles. The van der Waals surface area contributed by atoms with Crippen LogP contribution in [0, 0.1) is 0 Å². The van der Waals surface area contributed by atoms with Crippen LogP contribution in [-0.2, 0) is 13.0 Å². The van der Waals surface area contributed by atoms with Crippen LogP contribution in [0.4, 0.5) is 0 Å². The van der Waals surface area contributed by atoms with E-state index in [1.54, 1.807) is 0 Å². The highest BCUT2D eigenvalue weighted by Crippen LogP contribution is 2.31. The maximum absolute atomic E-state index is 5.81. The topological polar surface area (TPSA) is 16.4 Å². The molecule has 1 aromatic heterocycles. The Bertz CT molecular complexity index is 477. The Hall–Kier alpha value is -0.550. The van der Waals surface area contributed by atoms with Gasteiger partial charge in [-0.2, -0.15) is 0 Å². The van der Waals surface area contributed by atoms with Crippen molar-refractivity contribution in [1.82, 2.24) is 3.11 Å². The number of nitrogens with zero attached hydrogens (tertiary/aromatic N) is 1. The van der Waals surface area contributed by atoms with E-state index < -0.39 is 0 Å². The fraction of sp³-hybridized carbons (Fsp3) is 0.273. The van der Waals surface area contributed by atoms with E-state index in [1.807, 2.05) is 12.1 Å². The minimum Gasteiger partial charge on any atom is -0.461 e. The van der Waals surface area contributed by atoms with E-state index in [0.717, 1.165) is 25.1 Å². The van der Waals surface area contributed by atoms with E-state index in [4.69, 9.17) is 4.42 Å². The van der Waals surface area contributed by atoms with Crippen LogP contribution in [0.25, 0.3) is 11.0 Å².